The quantitative estimate of drug-likeness (QED) is 0.240. The molecule has 1 heterocycles. The first-order valence-electron chi connectivity index (χ1n) is 9.02. The van der Waals surface area contributed by atoms with Crippen LogP contribution in [0, 0.1) is 0 Å². The van der Waals surface area contributed by atoms with Crippen molar-refractivity contribution < 1.29 is 22.7 Å². The molecule has 1 saturated heterocycles. The van der Waals surface area contributed by atoms with Crippen molar-refractivity contribution in [2.24, 2.45) is 0 Å². The van der Waals surface area contributed by atoms with E-state index in [1.165, 1.54) is 25.3 Å². The molecule has 6 nitrogen and oxygen atoms in total. The Morgan fingerprint density at radius 3 is 2.40 bits per heavy atom. The molecule has 1 aliphatic heterocycles. The Labute approximate surface area is 151 Å². The van der Waals surface area contributed by atoms with E-state index in [4.69, 9.17) is 9.47 Å². The molecule has 0 spiro atoms. The molecule has 0 bridgehead atoms. The smallest absolute Gasteiger partial charge is 0.349 e. The van der Waals surface area contributed by atoms with Crippen molar-refractivity contribution in [1.29, 1.82) is 0 Å². The maximum atomic E-state index is 12.1. The number of sulfone groups is 1. The summed E-state index contributed by atoms with van der Waals surface area (Å²) in [5.41, 5.74) is 0. The Kier molecular flexibility index (Phi) is 10.5. The van der Waals surface area contributed by atoms with Crippen molar-refractivity contribution in [2.45, 2.75) is 45.4 Å². The molecule has 1 fully saturated rings. The van der Waals surface area contributed by atoms with E-state index < -0.39 is 15.8 Å². The molecular weight excluding hydrogens is 342 g/mol. The van der Waals surface area contributed by atoms with Gasteiger partial charge < -0.3 is 14.4 Å². The number of hydrogen-bond donors (Lipinski definition) is 0. The van der Waals surface area contributed by atoms with Crippen molar-refractivity contribution >= 4 is 15.8 Å². The lowest BCUT2D eigenvalue weighted by atomic mass is 10.1. The number of carbonyl (C=O) groups is 1. The van der Waals surface area contributed by atoms with Gasteiger partial charge in [0.15, 0.2) is 14.7 Å². The van der Waals surface area contributed by atoms with Gasteiger partial charge in [-0.1, -0.05) is 39.0 Å². The standard InChI is InChI=1S/C18H31NO5S/c1-3-4-5-6-7-8-14-24-18(20)17(25(2,21)22)10-9-11-19-12-15-23-16-13-19/h9-11H,3-8,12-16H2,1-2H3/b11-9+,17-10+. The lowest BCUT2D eigenvalue weighted by Gasteiger charge is -2.24. The molecule has 1 aliphatic rings. The molecule has 0 aromatic carbocycles. The van der Waals surface area contributed by atoms with Crippen molar-refractivity contribution in [3.05, 3.63) is 23.3 Å². The number of esters is 1. The molecule has 1 rings (SSSR count). The number of unbranched alkanes of at least 4 members (excludes halogenated alkanes) is 5. The normalized spacial score (nSPS) is 16.4. The van der Waals surface area contributed by atoms with E-state index in [1.807, 2.05) is 4.90 Å². The fourth-order valence-corrected chi connectivity index (χ4v) is 3.13. The summed E-state index contributed by atoms with van der Waals surface area (Å²) in [6.45, 7) is 5.21. The van der Waals surface area contributed by atoms with Crippen molar-refractivity contribution in [3.8, 4) is 0 Å². The van der Waals surface area contributed by atoms with Crippen LogP contribution in [0.5, 0.6) is 0 Å². The number of allylic oxidation sites excluding steroid dienone is 2. The zero-order valence-corrected chi connectivity index (χ0v) is 16.2. The van der Waals surface area contributed by atoms with E-state index >= 15 is 0 Å². The van der Waals surface area contributed by atoms with Gasteiger partial charge in [0.2, 0.25) is 0 Å². The fourth-order valence-electron chi connectivity index (χ4n) is 2.44. The number of ether oxygens (including phenoxy) is 2. The first-order chi connectivity index (χ1) is 11.9. The van der Waals surface area contributed by atoms with Gasteiger partial charge in [0, 0.05) is 19.3 Å². The van der Waals surface area contributed by atoms with Gasteiger partial charge in [-0.3, -0.25) is 0 Å². The van der Waals surface area contributed by atoms with Crippen LogP contribution < -0.4 is 0 Å². The van der Waals surface area contributed by atoms with Crippen LogP contribution >= 0.6 is 0 Å². The topological polar surface area (TPSA) is 72.9 Å². The van der Waals surface area contributed by atoms with Gasteiger partial charge in [-0.15, -0.1) is 0 Å². The molecule has 25 heavy (non-hydrogen) atoms. The zero-order valence-electron chi connectivity index (χ0n) is 15.4. The summed E-state index contributed by atoms with van der Waals surface area (Å²) in [6, 6.07) is 0. The van der Waals surface area contributed by atoms with Gasteiger partial charge in [-0.2, -0.15) is 0 Å². The minimum atomic E-state index is -3.63. The van der Waals surface area contributed by atoms with Crippen LogP contribution in [0.4, 0.5) is 0 Å². The van der Waals surface area contributed by atoms with Gasteiger partial charge in [0.1, 0.15) is 0 Å². The lowest BCUT2D eigenvalue weighted by molar-refractivity contribution is -0.138. The fraction of sp³-hybridized carbons (Fsp3) is 0.722. The highest BCUT2D eigenvalue weighted by molar-refractivity contribution is 7.95. The van der Waals surface area contributed by atoms with E-state index in [1.54, 1.807) is 12.3 Å². The number of morpholine rings is 1. The van der Waals surface area contributed by atoms with E-state index in [2.05, 4.69) is 6.92 Å². The molecule has 0 aliphatic carbocycles. The van der Waals surface area contributed by atoms with E-state index in [0.717, 1.165) is 38.6 Å². The maximum absolute atomic E-state index is 12.1. The average molecular weight is 374 g/mol. The predicted molar refractivity (Wildman–Crippen MR) is 98.8 cm³/mol. The second-order valence-corrected chi connectivity index (χ2v) is 8.18. The lowest BCUT2D eigenvalue weighted by Crippen LogP contribution is -2.31. The number of nitrogens with zero attached hydrogens (tertiary/aromatic N) is 1. The summed E-state index contributed by atoms with van der Waals surface area (Å²) in [7, 11) is -3.63. The Bertz CT molecular complexity index is 548. The van der Waals surface area contributed by atoms with Crippen molar-refractivity contribution in [1.82, 2.24) is 4.90 Å². The third kappa shape index (κ3) is 9.65. The summed E-state index contributed by atoms with van der Waals surface area (Å²) in [6.07, 6.45) is 12.1. The monoisotopic (exact) mass is 373 g/mol. The molecule has 0 saturated carbocycles. The molecular formula is C18H31NO5S. The molecule has 0 aromatic rings. The Hall–Kier alpha value is -1.34. The minimum Gasteiger partial charge on any atom is -0.462 e. The van der Waals surface area contributed by atoms with Crippen LogP contribution in [0.3, 0.4) is 0 Å². The first-order valence-corrected chi connectivity index (χ1v) is 10.9. The van der Waals surface area contributed by atoms with Crippen LogP contribution in [0.25, 0.3) is 0 Å². The molecule has 0 aromatic heterocycles. The molecule has 7 heteroatoms. The predicted octanol–water partition coefficient (Wildman–Crippen LogP) is 2.66. The van der Waals surface area contributed by atoms with E-state index in [-0.39, 0.29) is 11.5 Å². The summed E-state index contributed by atoms with van der Waals surface area (Å²) in [4.78, 5) is 13.8. The van der Waals surface area contributed by atoms with Crippen LogP contribution in [0.2, 0.25) is 0 Å². The molecule has 0 N–H and O–H groups in total. The molecule has 0 unspecified atom stereocenters. The molecule has 0 radical (unpaired) electrons. The van der Waals surface area contributed by atoms with Crippen LogP contribution in [-0.2, 0) is 24.1 Å². The zero-order chi connectivity index (χ0) is 18.5. The van der Waals surface area contributed by atoms with Gasteiger partial charge in [-0.05, 0) is 24.8 Å². The first kappa shape index (κ1) is 21.7. The van der Waals surface area contributed by atoms with E-state index in [0.29, 0.717) is 13.2 Å². The van der Waals surface area contributed by atoms with Crippen LogP contribution in [0.15, 0.2) is 23.3 Å². The molecule has 0 amide bonds. The Morgan fingerprint density at radius 1 is 1.12 bits per heavy atom. The largest absolute Gasteiger partial charge is 0.462 e. The highest BCUT2D eigenvalue weighted by Gasteiger charge is 2.21. The second-order valence-electron chi connectivity index (χ2n) is 6.20. The third-order valence-electron chi connectivity index (χ3n) is 3.92. The molecule has 144 valence electrons. The summed E-state index contributed by atoms with van der Waals surface area (Å²) in [5, 5.41) is 0. The SMILES string of the molecule is CCCCCCCCOC(=O)/C(=C\C=C\N1CCOCC1)S(C)(=O)=O. The van der Waals surface area contributed by atoms with Gasteiger partial charge >= 0.3 is 5.97 Å². The van der Waals surface area contributed by atoms with Crippen LogP contribution in [0.1, 0.15) is 45.4 Å². The van der Waals surface area contributed by atoms with Crippen LogP contribution in [-0.4, -0.2) is 58.5 Å². The van der Waals surface area contributed by atoms with Gasteiger partial charge in [0.05, 0.1) is 19.8 Å². The Balaban J connectivity index is 2.47. The highest BCUT2D eigenvalue weighted by Crippen LogP contribution is 2.10. The van der Waals surface area contributed by atoms with Crippen molar-refractivity contribution in [2.75, 3.05) is 39.2 Å². The van der Waals surface area contributed by atoms with E-state index in [9.17, 15) is 13.2 Å². The van der Waals surface area contributed by atoms with Gasteiger partial charge in [0.25, 0.3) is 0 Å². The number of carbonyl (C=O) groups excluding carboxylic acids is 1. The van der Waals surface area contributed by atoms with Gasteiger partial charge in [-0.25, -0.2) is 13.2 Å². The highest BCUT2D eigenvalue weighted by atomic mass is 32.2. The summed E-state index contributed by atoms with van der Waals surface area (Å²) in [5.74, 6) is -0.775. The summed E-state index contributed by atoms with van der Waals surface area (Å²) < 4.78 is 34.0. The third-order valence-corrected chi connectivity index (χ3v) is 5.02. The second kappa shape index (κ2) is 12.1. The molecule has 0 atom stereocenters. The Morgan fingerprint density at radius 2 is 1.76 bits per heavy atom. The van der Waals surface area contributed by atoms with Crippen molar-refractivity contribution in [3.63, 3.8) is 0 Å². The number of hydrogen-bond acceptors (Lipinski definition) is 6. The average Bonchev–Trinajstić information content (AvgIpc) is 2.57. The maximum Gasteiger partial charge on any atom is 0.349 e. The minimum absolute atomic E-state index is 0.255. The number of rotatable bonds is 11. The summed E-state index contributed by atoms with van der Waals surface area (Å²) >= 11 is 0.